The van der Waals surface area contributed by atoms with Crippen LogP contribution >= 0.6 is 0 Å². The van der Waals surface area contributed by atoms with Crippen molar-refractivity contribution in [2.75, 3.05) is 32.1 Å². The van der Waals surface area contributed by atoms with Crippen molar-refractivity contribution < 1.29 is 14.3 Å². The lowest BCUT2D eigenvalue weighted by Gasteiger charge is -2.17. The first-order chi connectivity index (χ1) is 10.5. The molecule has 0 aliphatic carbocycles. The highest BCUT2D eigenvalue weighted by molar-refractivity contribution is 5.98. The normalized spacial score (nSPS) is 15.7. The van der Waals surface area contributed by atoms with Crippen LogP contribution in [0, 0.1) is 6.92 Å². The Kier molecular flexibility index (Phi) is 5.51. The van der Waals surface area contributed by atoms with Gasteiger partial charge in [0, 0.05) is 31.5 Å². The maximum absolute atomic E-state index is 12.3. The first-order valence-corrected chi connectivity index (χ1v) is 7.48. The Balaban J connectivity index is 2.06. The Morgan fingerprint density at radius 2 is 2.05 bits per heavy atom. The van der Waals surface area contributed by atoms with Gasteiger partial charge in [0.2, 0.25) is 5.91 Å². The summed E-state index contributed by atoms with van der Waals surface area (Å²) in [6.07, 6.45) is 2.13. The molecule has 22 heavy (non-hydrogen) atoms. The monoisotopic (exact) mass is 305 g/mol. The van der Waals surface area contributed by atoms with Crippen LogP contribution in [0.1, 0.15) is 28.8 Å². The lowest BCUT2D eigenvalue weighted by molar-refractivity contribution is -0.118. The molecule has 1 fully saturated rings. The SMILES string of the molecule is COCC(N)C(=O)Nc1ccc(C(=O)N2CCCC2)cc1C. The second-order valence-electron chi connectivity index (χ2n) is 5.58. The van der Waals surface area contributed by atoms with Crippen LogP contribution in [0.15, 0.2) is 18.2 Å². The quantitative estimate of drug-likeness (QED) is 0.854. The minimum absolute atomic E-state index is 0.0505. The van der Waals surface area contributed by atoms with Crippen LogP contribution in [0.25, 0.3) is 0 Å². The van der Waals surface area contributed by atoms with Gasteiger partial charge in [0.25, 0.3) is 5.91 Å². The van der Waals surface area contributed by atoms with Crippen LogP contribution < -0.4 is 11.1 Å². The summed E-state index contributed by atoms with van der Waals surface area (Å²) in [5.74, 6) is -0.252. The van der Waals surface area contributed by atoms with Gasteiger partial charge in [-0.05, 0) is 43.5 Å². The first-order valence-electron chi connectivity index (χ1n) is 7.48. The molecular weight excluding hydrogens is 282 g/mol. The van der Waals surface area contributed by atoms with E-state index in [0.717, 1.165) is 31.5 Å². The van der Waals surface area contributed by atoms with Crippen LogP contribution in [-0.4, -0.2) is 49.6 Å². The summed E-state index contributed by atoms with van der Waals surface area (Å²) in [5.41, 5.74) is 7.84. The van der Waals surface area contributed by atoms with Gasteiger partial charge in [-0.1, -0.05) is 0 Å². The maximum atomic E-state index is 12.3. The predicted molar refractivity (Wildman–Crippen MR) is 84.8 cm³/mol. The Morgan fingerprint density at radius 1 is 1.36 bits per heavy atom. The Labute approximate surface area is 130 Å². The lowest BCUT2D eigenvalue weighted by atomic mass is 10.1. The Morgan fingerprint density at radius 3 is 2.64 bits per heavy atom. The molecule has 0 saturated carbocycles. The molecule has 6 nitrogen and oxygen atoms in total. The molecule has 1 atom stereocenters. The van der Waals surface area contributed by atoms with E-state index in [1.54, 1.807) is 18.2 Å². The number of likely N-dealkylation sites (tertiary alicyclic amines) is 1. The summed E-state index contributed by atoms with van der Waals surface area (Å²) in [7, 11) is 1.50. The summed E-state index contributed by atoms with van der Waals surface area (Å²) >= 11 is 0. The molecule has 1 saturated heterocycles. The number of amides is 2. The van der Waals surface area contributed by atoms with Crippen molar-refractivity contribution in [3.63, 3.8) is 0 Å². The molecule has 1 aliphatic heterocycles. The van der Waals surface area contributed by atoms with Gasteiger partial charge in [0.15, 0.2) is 0 Å². The summed E-state index contributed by atoms with van der Waals surface area (Å²) in [6.45, 7) is 3.67. The van der Waals surface area contributed by atoms with Crippen molar-refractivity contribution >= 4 is 17.5 Å². The van der Waals surface area contributed by atoms with Crippen molar-refractivity contribution in [3.8, 4) is 0 Å². The zero-order chi connectivity index (χ0) is 16.1. The number of benzene rings is 1. The van der Waals surface area contributed by atoms with Crippen molar-refractivity contribution in [1.82, 2.24) is 4.90 Å². The number of nitrogens with one attached hydrogen (secondary N) is 1. The molecule has 6 heteroatoms. The zero-order valence-corrected chi connectivity index (χ0v) is 13.1. The molecule has 1 aromatic rings. The largest absolute Gasteiger partial charge is 0.383 e. The van der Waals surface area contributed by atoms with Crippen molar-refractivity contribution in [2.24, 2.45) is 5.73 Å². The molecule has 1 unspecified atom stereocenters. The second-order valence-corrected chi connectivity index (χ2v) is 5.58. The molecule has 2 amide bonds. The molecular formula is C16H23N3O3. The third-order valence-electron chi connectivity index (χ3n) is 3.81. The highest BCUT2D eigenvalue weighted by Crippen LogP contribution is 2.19. The highest BCUT2D eigenvalue weighted by Gasteiger charge is 2.20. The number of ether oxygens (including phenoxy) is 1. The van der Waals surface area contributed by atoms with Gasteiger partial charge in [-0.3, -0.25) is 9.59 Å². The van der Waals surface area contributed by atoms with Gasteiger partial charge in [-0.15, -0.1) is 0 Å². The van der Waals surface area contributed by atoms with E-state index in [9.17, 15) is 9.59 Å². The number of hydrogen-bond donors (Lipinski definition) is 2. The van der Waals surface area contributed by atoms with E-state index >= 15 is 0 Å². The minimum atomic E-state index is -0.713. The number of hydrogen-bond acceptors (Lipinski definition) is 4. The molecule has 1 heterocycles. The van der Waals surface area contributed by atoms with Crippen molar-refractivity contribution in [3.05, 3.63) is 29.3 Å². The van der Waals surface area contributed by atoms with Gasteiger partial charge in [0.1, 0.15) is 6.04 Å². The number of nitrogens with two attached hydrogens (primary N) is 1. The first kappa shape index (κ1) is 16.5. The maximum Gasteiger partial charge on any atom is 0.253 e. The molecule has 0 radical (unpaired) electrons. The molecule has 120 valence electrons. The summed E-state index contributed by atoms with van der Waals surface area (Å²) in [4.78, 5) is 26.1. The molecule has 0 spiro atoms. The molecule has 1 aliphatic rings. The van der Waals surface area contributed by atoms with Crippen LogP contribution in [0.4, 0.5) is 5.69 Å². The minimum Gasteiger partial charge on any atom is -0.383 e. The van der Waals surface area contributed by atoms with Crippen molar-refractivity contribution in [2.45, 2.75) is 25.8 Å². The predicted octanol–water partition coefficient (Wildman–Crippen LogP) is 1.14. The number of carbonyl (C=O) groups excluding carboxylic acids is 2. The topological polar surface area (TPSA) is 84.7 Å². The van der Waals surface area contributed by atoms with E-state index in [0.29, 0.717) is 11.3 Å². The number of methoxy groups -OCH3 is 1. The molecule has 2 rings (SSSR count). The molecule has 3 N–H and O–H groups in total. The van der Waals surface area contributed by atoms with Crippen LogP contribution in [0.5, 0.6) is 0 Å². The third kappa shape index (κ3) is 3.84. The van der Waals surface area contributed by atoms with Crippen LogP contribution in [-0.2, 0) is 9.53 Å². The van der Waals surface area contributed by atoms with Gasteiger partial charge in [-0.25, -0.2) is 0 Å². The number of anilines is 1. The number of aryl methyl sites for hydroxylation is 1. The Hall–Kier alpha value is -1.92. The van der Waals surface area contributed by atoms with E-state index in [1.807, 2.05) is 11.8 Å². The van der Waals surface area contributed by atoms with E-state index in [-0.39, 0.29) is 18.4 Å². The van der Waals surface area contributed by atoms with Crippen molar-refractivity contribution in [1.29, 1.82) is 0 Å². The standard InChI is InChI=1S/C16H23N3O3/c1-11-9-12(16(21)19-7-3-4-8-19)5-6-14(11)18-15(20)13(17)10-22-2/h5-6,9,13H,3-4,7-8,10,17H2,1-2H3,(H,18,20). The van der Waals surface area contributed by atoms with E-state index in [4.69, 9.17) is 10.5 Å². The average Bonchev–Trinajstić information content (AvgIpc) is 3.03. The number of carbonyl (C=O) groups is 2. The molecule has 0 bridgehead atoms. The van der Waals surface area contributed by atoms with Crippen LogP contribution in [0.2, 0.25) is 0 Å². The number of rotatable bonds is 5. The fourth-order valence-corrected chi connectivity index (χ4v) is 2.52. The average molecular weight is 305 g/mol. The van der Waals surface area contributed by atoms with E-state index in [2.05, 4.69) is 5.32 Å². The smallest absolute Gasteiger partial charge is 0.253 e. The summed E-state index contributed by atoms with van der Waals surface area (Å²) in [5, 5.41) is 2.76. The number of nitrogens with zero attached hydrogens (tertiary/aromatic N) is 1. The van der Waals surface area contributed by atoms with Gasteiger partial charge in [0.05, 0.1) is 6.61 Å². The molecule has 0 aromatic heterocycles. The van der Waals surface area contributed by atoms with Gasteiger partial charge < -0.3 is 20.7 Å². The summed E-state index contributed by atoms with van der Waals surface area (Å²) in [6, 6.07) is 4.58. The zero-order valence-electron chi connectivity index (χ0n) is 13.1. The highest BCUT2D eigenvalue weighted by atomic mass is 16.5. The Bertz CT molecular complexity index is 554. The fraction of sp³-hybridized carbons (Fsp3) is 0.500. The lowest BCUT2D eigenvalue weighted by Crippen LogP contribution is -2.39. The second kappa shape index (κ2) is 7.38. The van der Waals surface area contributed by atoms with E-state index in [1.165, 1.54) is 7.11 Å². The van der Waals surface area contributed by atoms with E-state index < -0.39 is 6.04 Å². The van der Waals surface area contributed by atoms with Gasteiger partial charge >= 0.3 is 0 Å². The third-order valence-corrected chi connectivity index (χ3v) is 3.81. The fourth-order valence-electron chi connectivity index (χ4n) is 2.52. The van der Waals surface area contributed by atoms with Gasteiger partial charge in [-0.2, -0.15) is 0 Å². The molecule has 1 aromatic carbocycles. The summed E-state index contributed by atoms with van der Waals surface area (Å²) < 4.78 is 4.86. The van der Waals surface area contributed by atoms with Crippen LogP contribution in [0.3, 0.4) is 0 Å².